The topological polar surface area (TPSA) is 34.1 Å². The summed E-state index contributed by atoms with van der Waals surface area (Å²) in [6, 6.07) is 10.1. The van der Waals surface area contributed by atoms with E-state index >= 15 is 0 Å². The van der Waals surface area contributed by atoms with Gasteiger partial charge in [0.15, 0.2) is 0 Å². The summed E-state index contributed by atoms with van der Waals surface area (Å²) in [6.07, 6.45) is 3.58. The molecular formula is C17H21BrN2O. The number of pyridine rings is 1. The van der Waals surface area contributed by atoms with Crippen LogP contribution in [0.3, 0.4) is 0 Å². The Hall–Kier alpha value is -1.39. The van der Waals surface area contributed by atoms with Gasteiger partial charge in [0.05, 0.1) is 4.47 Å². The maximum Gasteiger partial charge on any atom is 0.134 e. The Morgan fingerprint density at radius 1 is 1.19 bits per heavy atom. The molecule has 0 bridgehead atoms. The van der Waals surface area contributed by atoms with E-state index in [0.717, 1.165) is 22.3 Å². The van der Waals surface area contributed by atoms with Gasteiger partial charge in [-0.25, -0.2) is 0 Å². The molecule has 1 aromatic heterocycles. The third-order valence-corrected chi connectivity index (χ3v) is 3.56. The SMILES string of the molecule is CC(C)(C)NCc1ccc(OCc2cccnc2)c(Br)c1. The number of nitrogens with one attached hydrogen (secondary N) is 1. The monoisotopic (exact) mass is 348 g/mol. The first kappa shape index (κ1) is 16.0. The highest BCUT2D eigenvalue weighted by Gasteiger charge is 2.09. The number of nitrogens with zero attached hydrogens (tertiary/aromatic N) is 1. The second-order valence-electron chi connectivity index (χ2n) is 6.02. The molecule has 0 aliphatic rings. The Morgan fingerprint density at radius 3 is 2.62 bits per heavy atom. The lowest BCUT2D eigenvalue weighted by Crippen LogP contribution is -2.35. The van der Waals surface area contributed by atoms with Gasteiger partial charge in [-0.2, -0.15) is 0 Å². The van der Waals surface area contributed by atoms with Crippen LogP contribution in [0.15, 0.2) is 47.2 Å². The third kappa shape index (κ3) is 5.48. The predicted octanol–water partition coefficient (Wildman–Crippen LogP) is 4.31. The molecule has 0 unspecified atom stereocenters. The molecule has 21 heavy (non-hydrogen) atoms. The Labute approximate surface area is 134 Å². The number of aromatic nitrogens is 1. The van der Waals surface area contributed by atoms with Gasteiger partial charge in [0.2, 0.25) is 0 Å². The molecule has 0 fully saturated rings. The highest BCUT2D eigenvalue weighted by Crippen LogP contribution is 2.27. The van der Waals surface area contributed by atoms with Crippen molar-refractivity contribution in [3.05, 3.63) is 58.3 Å². The molecule has 3 nitrogen and oxygen atoms in total. The van der Waals surface area contributed by atoms with E-state index in [4.69, 9.17) is 4.74 Å². The quantitative estimate of drug-likeness (QED) is 0.873. The van der Waals surface area contributed by atoms with E-state index in [1.54, 1.807) is 6.20 Å². The normalized spacial score (nSPS) is 11.4. The van der Waals surface area contributed by atoms with E-state index in [1.807, 2.05) is 24.4 Å². The molecule has 112 valence electrons. The molecule has 0 amide bonds. The van der Waals surface area contributed by atoms with E-state index in [-0.39, 0.29) is 5.54 Å². The Morgan fingerprint density at radius 2 is 2.00 bits per heavy atom. The van der Waals surface area contributed by atoms with Gasteiger partial charge in [0.25, 0.3) is 0 Å². The van der Waals surface area contributed by atoms with Crippen LogP contribution in [-0.4, -0.2) is 10.5 Å². The van der Waals surface area contributed by atoms with Crippen molar-refractivity contribution in [3.8, 4) is 5.75 Å². The van der Waals surface area contributed by atoms with Gasteiger partial charge in [0, 0.05) is 30.0 Å². The minimum Gasteiger partial charge on any atom is -0.488 e. The van der Waals surface area contributed by atoms with E-state index in [1.165, 1.54) is 5.56 Å². The molecule has 0 spiro atoms. The highest BCUT2D eigenvalue weighted by molar-refractivity contribution is 9.10. The second kappa shape index (κ2) is 7.05. The Kier molecular flexibility index (Phi) is 5.37. The van der Waals surface area contributed by atoms with Gasteiger partial charge in [-0.15, -0.1) is 0 Å². The average molecular weight is 349 g/mol. The first-order chi connectivity index (χ1) is 9.94. The molecule has 0 saturated carbocycles. The molecule has 0 aliphatic carbocycles. The van der Waals surface area contributed by atoms with Gasteiger partial charge < -0.3 is 10.1 Å². The van der Waals surface area contributed by atoms with Gasteiger partial charge in [0.1, 0.15) is 12.4 Å². The fourth-order valence-electron chi connectivity index (χ4n) is 1.78. The lowest BCUT2D eigenvalue weighted by Gasteiger charge is -2.20. The van der Waals surface area contributed by atoms with E-state index in [2.05, 4.69) is 59.1 Å². The van der Waals surface area contributed by atoms with E-state index < -0.39 is 0 Å². The first-order valence-electron chi connectivity index (χ1n) is 6.99. The molecule has 2 rings (SSSR count). The molecule has 2 aromatic rings. The zero-order chi connectivity index (χ0) is 15.3. The van der Waals surface area contributed by atoms with Crippen LogP contribution in [0.25, 0.3) is 0 Å². The van der Waals surface area contributed by atoms with E-state index in [9.17, 15) is 0 Å². The molecule has 1 aromatic carbocycles. The number of hydrogen-bond donors (Lipinski definition) is 1. The lowest BCUT2D eigenvalue weighted by molar-refractivity contribution is 0.303. The standard InChI is InChI=1S/C17H21BrN2O/c1-17(2,3)20-11-13-6-7-16(15(18)9-13)21-12-14-5-4-8-19-10-14/h4-10,20H,11-12H2,1-3H3. The molecule has 0 radical (unpaired) electrons. The fraction of sp³-hybridized carbons (Fsp3) is 0.353. The van der Waals surface area contributed by atoms with Gasteiger partial charge in [-0.1, -0.05) is 12.1 Å². The van der Waals surface area contributed by atoms with Crippen molar-refractivity contribution in [1.82, 2.24) is 10.3 Å². The highest BCUT2D eigenvalue weighted by atomic mass is 79.9. The van der Waals surface area contributed by atoms with Crippen molar-refractivity contribution in [2.24, 2.45) is 0 Å². The predicted molar refractivity (Wildman–Crippen MR) is 89.3 cm³/mol. The summed E-state index contributed by atoms with van der Waals surface area (Å²) in [5.74, 6) is 0.846. The van der Waals surface area contributed by atoms with Crippen LogP contribution in [-0.2, 0) is 13.2 Å². The molecule has 1 heterocycles. The summed E-state index contributed by atoms with van der Waals surface area (Å²) in [4.78, 5) is 4.08. The summed E-state index contributed by atoms with van der Waals surface area (Å²) in [5.41, 5.74) is 2.40. The van der Waals surface area contributed by atoms with Gasteiger partial charge in [-0.3, -0.25) is 4.98 Å². The number of benzene rings is 1. The maximum atomic E-state index is 5.82. The number of hydrogen-bond acceptors (Lipinski definition) is 3. The molecule has 0 aliphatic heterocycles. The summed E-state index contributed by atoms with van der Waals surface area (Å²) >= 11 is 3.57. The molecular weight excluding hydrogens is 328 g/mol. The molecule has 1 N–H and O–H groups in total. The van der Waals surface area contributed by atoms with Crippen molar-refractivity contribution in [1.29, 1.82) is 0 Å². The van der Waals surface area contributed by atoms with Crippen LogP contribution in [0.2, 0.25) is 0 Å². The summed E-state index contributed by atoms with van der Waals surface area (Å²) in [7, 11) is 0. The largest absolute Gasteiger partial charge is 0.488 e. The zero-order valence-electron chi connectivity index (χ0n) is 12.7. The van der Waals surface area contributed by atoms with Crippen molar-refractivity contribution in [2.45, 2.75) is 39.5 Å². The van der Waals surface area contributed by atoms with Crippen molar-refractivity contribution < 1.29 is 4.74 Å². The maximum absolute atomic E-state index is 5.82. The molecule has 0 saturated heterocycles. The number of ether oxygens (including phenoxy) is 1. The van der Waals surface area contributed by atoms with E-state index in [0.29, 0.717) is 6.61 Å². The Bertz CT molecular complexity index is 579. The van der Waals surface area contributed by atoms with Gasteiger partial charge in [-0.05, 0) is 60.5 Å². The summed E-state index contributed by atoms with van der Waals surface area (Å²) in [6.45, 7) is 7.84. The third-order valence-electron chi connectivity index (χ3n) is 2.94. The molecule has 4 heteroatoms. The van der Waals surface area contributed by atoms with Gasteiger partial charge >= 0.3 is 0 Å². The van der Waals surface area contributed by atoms with Crippen LogP contribution in [0, 0.1) is 0 Å². The lowest BCUT2D eigenvalue weighted by atomic mass is 10.1. The summed E-state index contributed by atoms with van der Waals surface area (Å²) < 4.78 is 6.79. The van der Waals surface area contributed by atoms with Crippen molar-refractivity contribution >= 4 is 15.9 Å². The fourth-order valence-corrected chi connectivity index (χ4v) is 2.32. The molecule has 0 atom stereocenters. The van der Waals surface area contributed by atoms with Crippen LogP contribution in [0.4, 0.5) is 0 Å². The zero-order valence-corrected chi connectivity index (χ0v) is 14.3. The van der Waals surface area contributed by atoms with Crippen LogP contribution < -0.4 is 10.1 Å². The average Bonchev–Trinajstić information content (AvgIpc) is 2.44. The van der Waals surface area contributed by atoms with Crippen LogP contribution >= 0.6 is 15.9 Å². The summed E-state index contributed by atoms with van der Waals surface area (Å²) in [5, 5.41) is 3.47. The minimum atomic E-state index is 0.113. The van der Waals surface area contributed by atoms with Crippen LogP contribution in [0.5, 0.6) is 5.75 Å². The minimum absolute atomic E-state index is 0.113. The van der Waals surface area contributed by atoms with Crippen molar-refractivity contribution in [2.75, 3.05) is 0 Å². The van der Waals surface area contributed by atoms with Crippen LogP contribution in [0.1, 0.15) is 31.9 Å². The first-order valence-corrected chi connectivity index (χ1v) is 7.78. The smallest absolute Gasteiger partial charge is 0.134 e. The number of rotatable bonds is 5. The number of halogens is 1. The second-order valence-corrected chi connectivity index (χ2v) is 6.87. The Balaban J connectivity index is 1.96. The van der Waals surface area contributed by atoms with Crippen molar-refractivity contribution in [3.63, 3.8) is 0 Å².